The van der Waals surface area contributed by atoms with Crippen molar-refractivity contribution < 1.29 is 37.2 Å². The number of nitrogens with zero attached hydrogens (tertiary/aromatic N) is 4. The zero-order valence-corrected chi connectivity index (χ0v) is 53.4. The van der Waals surface area contributed by atoms with Gasteiger partial charge in [-0.1, -0.05) is 170 Å². The molecule has 0 unspecified atom stereocenters. The van der Waals surface area contributed by atoms with Crippen molar-refractivity contribution in [1.82, 2.24) is 0 Å². The van der Waals surface area contributed by atoms with Crippen molar-refractivity contribution >= 4 is 119 Å². The van der Waals surface area contributed by atoms with E-state index in [1.807, 2.05) is 0 Å². The summed E-state index contributed by atoms with van der Waals surface area (Å²) in [5.74, 6) is 0. The van der Waals surface area contributed by atoms with Crippen LogP contribution >= 0.6 is 0 Å². The molecule has 0 aromatic heterocycles. The Kier molecular flexibility index (Phi) is 16.7. The maximum absolute atomic E-state index is 6.07. The highest BCUT2D eigenvalue weighted by atomic mass is 16.6. The largest absolute Gasteiger partial charge is 0.494 e. The van der Waals surface area contributed by atoms with Gasteiger partial charge >= 0.3 is 28.5 Å². The number of benzene rings is 12. The first-order chi connectivity index (χ1) is 48.1. The molecular formula is C81H66B4N4O8. The summed E-state index contributed by atoms with van der Waals surface area (Å²) < 4.78 is 48.5. The first-order valence-electron chi connectivity index (χ1n) is 33.3. The summed E-state index contributed by atoms with van der Waals surface area (Å²) >= 11 is 0. The summed E-state index contributed by atoms with van der Waals surface area (Å²) in [4.78, 5) is 9.51. The van der Waals surface area contributed by atoms with Gasteiger partial charge in [-0.05, 0) is 189 Å². The predicted octanol–water partition coefficient (Wildman–Crippen LogP) is 14.9. The van der Waals surface area contributed by atoms with E-state index in [0.717, 1.165) is 123 Å². The monoisotopic (exact) mass is 1270 g/mol. The topological polar surface area (TPSA) is 86.8 Å². The van der Waals surface area contributed by atoms with E-state index in [2.05, 4.69) is 323 Å². The van der Waals surface area contributed by atoms with Crippen molar-refractivity contribution in [2.75, 3.05) is 72.5 Å². The van der Waals surface area contributed by atoms with Crippen LogP contribution in [0.5, 0.6) is 0 Å². The number of hydrogen-bond donors (Lipinski definition) is 0. The Hall–Kier alpha value is -10.2. The summed E-state index contributed by atoms with van der Waals surface area (Å²) in [6.07, 6.45) is 0. The van der Waals surface area contributed by atoms with Gasteiger partial charge in [0.2, 0.25) is 0 Å². The van der Waals surface area contributed by atoms with Crippen LogP contribution in [0.25, 0.3) is 11.1 Å². The average molecular weight is 1270 g/mol. The minimum absolute atomic E-state index is 0.439. The summed E-state index contributed by atoms with van der Waals surface area (Å²) in [6, 6.07) is 110. The van der Waals surface area contributed by atoms with Gasteiger partial charge in [-0.2, -0.15) is 0 Å². The van der Waals surface area contributed by atoms with Crippen LogP contribution in [0, 0.1) is 0 Å². The number of rotatable bonds is 18. The third kappa shape index (κ3) is 11.6. The lowest BCUT2D eigenvalue weighted by atomic mass is 9.67. The van der Waals surface area contributed by atoms with E-state index >= 15 is 0 Å². The molecule has 4 saturated heterocycles. The highest BCUT2D eigenvalue weighted by Crippen LogP contribution is 2.59. The van der Waals surface area contributed by atoms with E-state index in [4.69, 9.17) is 37.2 Å². The quantitative estimate of drug-likeness (QED) is 0.0767. The Bertz CT molecular complexity index is 4160. The second-order valence-corrected chi connectivity index (χ2v) is 24.7. The number of hydrogen-bond acceptors (Lipinski definition) is 12. The van der Waals surface area contributed by atoms with Crippen molar-refractivity contribution in [3.05, 3.63) is 326 Å². The van der Waals surface area contributed by atoms with E-state index in [1.54, 1.807) is 0 Å². The molecule has 17 rings (SSSR count). The summed E-state index contributed by atoms with van der Waals surface area (Å²) in [5, 5.41) is 0. The Morgan fingerprint density at radius 1 is 0.206 bits per heavy atom. The fraction of sp³-hybridized carbons (Fsp3) is 0.111. The molecule has 0 radical (unpaired) electrons. The standard InChI is InChI=1S/C81H66B4N4O8/c1-5-17-65(18-6-1)86(69-37-29-61(30-38-69)82-90-45-46-91-82)73-53-59(54-74(57-73)87(66-19-7-2-8-20-66)70-39-31-62(32-40-70)83-92-47-48-93-83)81(79-27-15-13-25-77(79)78-26-14-16-28-80(78)81)60-55-75(88(67-21-9-3-10-22-67)71-41-33-63(34-42-71)84-94-49-50-95-84)58-76(56-60)89(68-23-11-4-12-24-68)72-43-35-64(36-44-72)85-96-51-52-97-85/h1-44,53-58H,45-52H2. The molecule has 97 heavy (non-hydrogen) atoms. The first kappa shape index (κ1) is 60.4. The molecule has 0 amide bonds. The summed E-state index contributed by atoms with van der Waals surface area (Å²) in [6.45, 7) is 4.38. The molecular weight excluding hydrogens is 1200 g/mol. The van der Waals surface area contributed by atoms with Crippen LogP contribution in [0.15, 0.2) is 303 Å². The second kappa shape index (κ2) is 26.8. The van der Waals surface area contributed by atoms with Crippen LogP contribution in [0.3, 0.4) is 0 Å². The number of para-hydroxylation sites is 4. The molecule has 470 valence electrons. The van der Waals surface area contributed by atoms with Gasteiger partial charge in [0.1, 0.15) is 0 Å². The summed E-state index contributed by atoms with van der Waals surface area (Å²) in [5.41, 5.74) is 20.9. The van der Waals surface area contributed by atoms with Gasteiger partial charge in [0.15, 0.2) is 0 Å². The highest BCUT2D eigenvalue weighted by Gasteiger charge is 2.48. The lowest BCUT2D eigenvalue weighted by molar-refractivity contribution is 0.365. The van der Waals surface area contributed by atoms with Crippen molar-refractivity contribution in [2.24, 2.45) is 0 Å². The van der Waals surface area contributed by atoms with E-state index < -0.39 is 33.9 Å². The van der Waals surface area contributed by atoms with Crippen molar-refractivity contribution in [3.63, 3.8) is 0 Å². The highest BCUT2D eigenvalue weighted by molar-refractivity contribution is 6.63. The smallest absolute Gasteiger partial charge is 0.405 e. The molecule has 0 saturated carbocycles. The van der Waals surface area contributed by atoms with Crippen molar-refractivity contribution in [2.45, 2.75) is 5.41 Å². The molecule has 4 aliphatic heterocycles. The molecule has 0 spiro atoms. The molecule has 12 aromatic carbocycles. The Morgan fingerprint density at radius 2 is 0.412 bits per heavy atom. The van der Waals surface area contributed by atoms with Gasteiger partial charge in [-0.15, -0.1) is 0 Å². The van der Waals surface area contributed by atoms with Gasteiger partial charge in [0.25, 0.3) is 0 Å². The molecule has 0 atom stereocenters. The fourth-order valence-corrected chi connectivity index (χ4v) is 14.6. The fourth-order valence-electron chi connectivity index (χ4n) is 14.6. The molecule has 0 N–H and O–H groups in total. The van der Waals surface area contributed by atoms with Gasteiger partial charge in [0.05, 0.1) is 58.3 Å². The zero-order chi connectivity index (χ0) is 64.5. The molecule has 4 fully saturated rings. The van der Waals surface area contributed by atoms with Crippen LogP contribution in [-0.4, -0.2) is 81.3 Å². The Labute approximate surface area is 567 Å². The van der Waals surface area contributed by atoms with Crippen LogP contribution in [0.1, 0.15) is 22.3 Å². The van der Waals surface area contributed by atoms with Gasteiger partial charge < -0.3 is 56.8 Å². The normalized spacial score (nSPS) is 15.4. The summed E-state index contributed by atoms with van der Waals surface area (Å²) in [7, 11) is -1.75. The first-order valence-corrected chi connectivity index (χ1v) is 33.3. The van der Waals surface area contributed by atoms with Gasteiger partial charge in [-0.3, -0.25) is 0 Å². The molecule has 16 heteroatoms. The third-order valence-electron chi connectivity index (χ3n) is 18.9. The number of fused-ring (bicyclic) bond motifs is 3. The lowest BCUT2D eigenvalue weighted by Crippen LogP contribution is -2.32. The maximum atomic E-state index is 6.07. The zero-order valence-electron chi connectivity index (χ0n) is 53.4. The van der Waals surface area contributed by atoms with E-state index in [9.17, 15) is 0 Å². The van der Waals surface area contributed by atoms with Crippen LogP contribution in [0.2, 0.25) is 0 Å². The molecule has 12 aromatic rings. The van der Waals surface area contributed by atoms with E-state index in [0.29, 0.717) is 52.9 Å². The van der Waals surface area contributed by atoms with E-state index in [-0.39, 0.29) is 0 Å². The van der Waals surface area contributed by atoms with Crippen LogP contribution in [0.4, 0.5) is 68.2 Å². The number of anilines is 12. The van der Waals surface area contributed by atoms with Crippen molar-refractivity contribution in [1.29, 1.82) is 0 Å². The third-order valence-corrected chi connectivity index (χ3v) is 18.9. The minimum Gasteiger partial charge on any atom is -0.405 e. The Morgan fingerprint density at radius 3 is 0.649 bits per heavy atom. The molecule has 1 aliphatic carbocycles. The predicted molar refractivity (Wildman–Crippen MR) is 392 cm³/mol. The Balaban J connectivity index is 0.972. The second-order valence-electron chi connectivity index (χ2n) is 24.7. The minimum atomic E-state index is -1.04. The van der Waals surface area contributed by atoms with Gasteiger partial charge in [-0.25, -0.2) is 0 Å². The molecule has 12 nitrogen and oxygen atoms in total. The molecule has 0 bridgehead atoms. The lowest BCUT2D eigenvalue weighted by Gasteiger charge is -2.38. The van der Waals surface area contributed by atoms with Gasteiger partial charge in [0, 0.05) is 68.2 Å². The van der Waals surface area contributed by atoms with E-state index in [1.165, 1.54) is 0 Å². The average Bonchev–Trinajstić information content (AvgIpc) is 1.57. The molecule has 5 aliphatic rings. The van der Waals surface area contributed by atoms with Crippen LogP contribution in [-0.2, 0) is 42.6 Å². The maximum Gasteiger partial charge on any atom is 0.494 e. The SMILES string of the molecule is c1ccc(N(c2ccc(B3OCCO3)cc2)c2cc(N(c3ccccc3)c3ccc(B4OCCO4)cc3)cc(C3(c4cc(N(c5ccccc5)c5ccc(B6OCCO6)cc5)cc(N(c5ccccc5)c5ccc(B6OCCO6)cc5)c4)c4ccccc4-c4ccccc43)c2)cc1. The molecule has 4 heterocycles. The van der Waals surface area contributed by atoms with Crippen molar-refractivity contribution in [3.8, 4) is 11.1 Å². The van der Waals surface area contributed by atoms with Crippen LogP contribution < -0.4 is 41.5 Å².